The van der Waals surface area contributed by atoms with Crippen LogP contribution in [0.25, 0.3) is 0 Å². The van der Waals surface area contributed by atoms with Gasteiger partial charge in [-0.05, 0) is 55.5 Å². The molecule has 5 heteroatoms. The van der Waals surface area contributed by atoms with Crippen molar-refractivity contribution < 1.29 is 14.3 Å². The van der Waals surface area contributed by atoms with Gasteiger partial charge in [-0.15, -0.1) is 0 Å². The van der Waals surface area contributed by atoms with E-state index in [0.29, 0.717) is 17.7 Å². The summed E-state index contributed by atoms with van der Waals surface area (Å²) < 4.78 is 4.98. The number of esters is 1. The zero-order chi connectivity index (χ0) is 21.6. The van der Waals surface area contributed by atoms with Crippen molar-refractivity contribution in [3.05, 3.63) is 77.5 Å². The molecule has 0 saturated carbocycles. The van der Waals surface area contributed by atoms with Crippen LogP contribution in [0.5, 0.6) is 0 Å². The van der Waals surface area contributed by atoms with Gasteiger partial charge in [0.25, 0.3) is 0 Å². The molecule has 1 N–H and O–H groups in total. The number of ketones is 1. The maximum absolute atomic E-state index is 12.6. The Hall–Kier alpha value is -3.21. The molecular weight excluding hydrogens is 376 g/mol. The quantitative estimate of drug-likeness (QED) is 0.529. The number of carbonyl (C=O) groups is 2. The van der Waals surface area contributed by atoms with E-state index in [1.165, 1.54) is 0 Å². The summed E-state index contributed by atoms with van der Waals surface area (Å²) in [6.45, 7) is 6.69. The van der Waals surface area contributed by atoms with Gasteiger partial charge in [-0.3, -0.25) is 14.6 Å². The highest BCUT2D eigenvalue weighted by atomic mass is 16.5. The highest BCUT2D eigenvalue weighted by Crippen LogP contribution is 2.34. The van der Waals surface area contributed by atoms with E-state index in [9.17, 15) is 9.59 Å². The molecule has 3 rings (SSSR count). The molecule has 2 aromatic carbocycles. The molecule has 0 bridgehead atoms. The minimum absolute atomic E-state index is 0.000972. The number of nitrogens with one attached hydrogen (secondary N) is 1. The Labute approximate surface area is 177 Å². The van der Waals surface area contributed by atoms with E-state index in [1.54, 1.807) is 6.92 Å². The van der Waals surface area contributed by atoms with Gasteiger partial charge in [0.1, 0.15) is 6.54 Å². The molecule has 0 heterocycles. The van der Waals surface area contributed by atoms with Crippen LogP contribution in [0.4, 0.5) is 5.69 Å². The Balaban J connectivity index is 1.74. The minimum atomic E-state index is -0.265. The first-order chi connectivity index (χ1) is 14.4. The molecule has 0 radical (unpaired) electrons. The predicted molar refractivity (Wildman–Crippen MR) is 119 cm³/mol. The van der Waals surface area contributed by atoms with Crippen LogP contribution in [0.3, 0.4) is 0 Å². The van der Waals surface area contributed by atoms with Gasteiger partial charge in [0, 0.05) is 22.5 Å². The van der Waals surface area contributed by atoms with Gasteiger partial charge in [0.2, 0.25) is 0 Å². The molecule has 0 aliphatic heterocycles. The summed E-state index contributed by atoms with van der Waals surface area (Å²) in [6.07, 6.45) is 3.69. The summed E-state index contributed by atoms with van der Waals surface area (Å²) in [4.78, 5) is 29.0. The van der Waals surface area contributed by atoms with Gasteiger partial charge in [-0.1, -0.05) is 44.2 Å². The smallest absolute Gasteiger partial charge is 0.325 e. The van der Waals surface area contributed by atoms with Gasteiger partial charge in [0.05, 0.1) is 12.3 Å². The fourth-order valence-electron chi connectivity index (χ4n) is 3.56. The first-order valence-electron chi connectivity index (χ1n) is 10.2. The van der Waals surface area contributed by atoms with E-state index in [-0.39, 0.29) is 23.7 Å². The Bertz CT molecular complexity index is 958. The first-order valence-corrected chi connectivity index (χ1v) is 10.2. The van der Waals surface area contributed by atoms with Crippen molar-refractivity contribution >= 4 is 23.2 Å². The molecular formula is C25H28N2O3. The normalized spacial score (nSPS) is 16.6. The van der Waals surface area contributed by atoms with Crippen molar-refractivity contribution in [2.45, 2.75) is 33.6 Å². The lowest BCUT2D eigenvalue weighted by atomic mass is 9.78. The van der Waals surface area contributed by atoms with Crippen molar-refractivity contribution in [3.63, 3.8) is 0 Å². The first kappa shape index (κ1) is 21.5. The molecule has 1 aliphatic rings. The van der Waals surface area contributed by atoms with Crippen molar-refractivity contribution in [1.82, 2.24) is 5.32 Å². The second-order valence-electron chi connectivity index (χ2n) is 8.19. The Morgan fingerprint density at radius 1 is 1.00 bits per heavy atom. The van der Waals surface area contributed by atoms with Gasteiger partial charge in [0.15, 0.2) is 5.78 Å². The van der Waals surface area contributed by atoms with Crippen LogP contribution in [0.2, 0.25) is 0 Å². The molecule has 0 amide bonds. The van der Waals surface area contributed by atoms with Crippen LogP contribution >= 0.6 is 0 Å². The molecule has 0 saturated heterocycles. The third-order valence-corrected chi connectivity index (χ3v) is 4.87. The number of hydrogen-bond donors (Lipinski definition) is 1. The van der Waals surface area contributed by atoms with Gasteiger partial charge < -0.3 is 10.1 Å². The maximum atomic E-state index is 12.6. The molecule has 30 heavy (non-hydrogen) atoms. The van der Waals surface area contributed by atoms with E-state index >= 15 is 0 Å². The van der Waals surface area contributed by atoms with Crippen LogP contribution < -0.4 is 5.32 Å². The summed E-state index contributed by atoms with van der Waals surface area (Å²) in [5.41, 5.74) is 4.07. The highest BCUT2D eigenvalue weighted by molar-refractivity contribution is 6.09. The van der Waals surface area contributed by atoms with Crippen LogP contribution in [-0.4, -0.2) is 30.6 Å². The topological polar surface area (TPSA) is 67.8 Å². The lowest BCUT2D eigenvalue weighted by molar-refractivity contribution is -0.141. The number of nitrogens with zero attached hydrogens (tertiary/aromatic N) is 1. The second-order valence-corrected chi connectivity index (χ2v) is 8.19. The van der Waals surface area contributed by atoms with Crippen molar-refractivity contribution in [2.75, 3.05) is 13.2 Å². The SMILES string of the molecule is CCOC(=O)CNC1=C/C(=N/c2ccc(C(=O)c3ccccc3)cc2)CC(C)(C)C1. The summed E-state index contributed by atoms with van der Waals surface area (Å²) in [7, 11) is 0. The van der Waals surface area contributed by atoms with E-state index in [2.05, 4.69) is 19.2 Å². The molecule has 2 aromatic rings. The lowest BCUT2D eigenvalue weighted by Gasteiger charge is -2.31. The molecule has 0 unspecified atom stereocenters. The average molecular weight is 405 g/mol. The molecule has 156 valence electrons. The van der Waals surface area contributed by atoms with Crippen molar-refractivity contribution in [3.8, 4) is 0 Å². The highest BCUT2D eigenvalue weighted by Gasteiger charge is 2.26. The van der Waals surface area contributed by atoms with Crippen LogP contribution in [0.15, 0.2) is 71.4 Å². The number of hydrogen-bond acceptors (Lipinski definition) is 5. The fourth-order valence-corrected chi connectivity index (χ4v) is 3.56. The van der Waals surface area contributed by atoms with Crippen LogP contribution in [0, 0.1) is 5.41 Å². The molecule has 1 aliphatic carbocycles. The Morgan fingerprint density at radius 3 is 2.33 bits per heavy atom. The van der Waals surface area contributed by atoms with Gasteiger partial charge in [-0.2, -0.15) is 0 Å². The van der Waals surface area contributed by atoms with E-state index < -0.39 is 0 Å². The number of benzene rings is 2. The summed E-state index contributed by atoms with van der Waals surface area (Å²) >= 11 is 0. The fraction of sp³-hybridized carbons (Fsp3) is 0.320. The molecule has 0 aromatic heterocycles. The number of rotatable bonds is 7. The summed E-state index contributed by atoms with van der Waals surface area (Å²) in [5, 5.41) is 3.18. The lowest BCUT2D eigenvalue weighted by Crippen LogP contribution is -2.31. The van der Waals surface area contributed by atoms with Crippen LogP contribution in [0.1, 0.15) is 49.5 Å². The summed E-state index contributed by atoms with van der Waals surface area (Å²) in [5.74, 6) is -0.266. The van der Waals surface area contributed by atoms with Crippen LogP contribution in [-0.2, 0) is 9.53 Å². The second kappa shape index (κ2) is 9.53. The monoisotopic (exact) mass is 404 g/mol. The molecule has 0 atom stereocenters. The largest absolute Gasteiger partial charge is 0.465 e. The molecule has 0 fully saturated rings. The minimum Gasteiger partial charge on any atom is -0.465 e. The Kier molecular flexibility index (Phi) is 6.83. The summed E-state index contributed by atoms with van der Waals surface area (Å²) in [6, 6.07) is 16.6. The Morgan fingerprint density at radius 2 is 1.67 bits per heavy atom. The number of allylic oxidation sites excluding steroid dienone is 2. The zero-order valence-corrected chi connectivity index (χ0v) is 17.8. The van der Waals surface area contributed by atoms with E-state index in [4.69, 9.17) is 9.73 Å². The number of carbonyl (C=O) groups excluding carboxylic acids is 2. The third-order valence-electron chi connectivity index (χ3n) is 4.87. The molecule has 0 spiro atoms. The number of aliphatic imine (C=N–C) groups is 1. The van der Waals surface area contributed by atoms with Crippen molar-refractivity contribution in [2.24, 2.45) is 10.4 Å². The average Bonchev–Trinajstić information content (AvgIpc) is 2.72. The molecule has 5 nitrogen and oxygen atoms in total. The van der Waals surface area contributed by atoms with E-state index in [0.717, 1.165) is 29.9 Å². The van der Waals surface area contributed by atoms with Gasteiger partial charge in [-0.25, -0.2) is 0 Å². The predicted octanol–water partition coefficient (Wildman–Crippen LogP) is 4.85. The zero-order valence-electron chi connectivity index (χ0n) is 17.8. The van der Waals surface area contributed by atoms with Crippen molar-refractivity contribution in [1.29, 1.82) is 0 Å². The standard InChI is InChI=1S/C25H28N2O3/c1-4-30-23(28)17-26-21-14-22(16-25(2,3)15-21)27-20-12-10-19(11-13-20)24(29)18-8-6-5-7-9-18/h5-14,26H,4,15-17H2,1-3H3/b27-22-. The number of ether oxygens (including phenoxy) is 1. The maximum Gasteiger partial charge on any atom is 0.325 e. The van der Waals surface area contributed by atoms with E-state index in [1.807, 2.05) is 60.7 Å². The third kappa shape index (κ3) is 5.89. The van der Waals surface area contributed by atoms with Gasteiger partial charge >= 0.3 is 5.97 Å².